The number of urea groups is 1. The zero-order chi connectivity index (χ0) is 21.1. The van der Waals surface area contributed by atoms with Gasteiger partial charge in [-0.2, -0.15) is 0 Å². The first-order chi connectivity index (χ1) is 14.0. The number of carbonyl (C=O) groups is 3. The van der Waals surface area contributed by atoms with Crippen LogP contribution in [0.3, 0.4) is 0 Å². The van der Waals surface area contributed by atoms with Crippen LogP contribution in [-0.4, -0.2) is 43.8 Å². The number of methoxy groups -OCH3 is 1. The molecule has 0 aliphatic heterocycles. The molecule has 0 bridgehead atoms. The van der Waals surface area contributed by atoms with Crippen molar-refractivity contribution in [3.05, 3.63) is 24.3 Å². The highest BCUT2D eigenvalue weighted by Gasteiger charge is 2.22. The fraction of sp³-hybridized carbons (Fsp3) is 0.571. The van der Waals surface area contributed by atoms with E-state index in [2.05, 4.69) is 10.6 Å². The van der Waals surface area contributed by atoms with Crippen molar-refractivity contribution >= 4 is 17.9 Å². The Kier molecular flexibility index (Phi) is 9.27. The third-order valence-corrected chi connectivity index (χ3v) is 4.71. The molecule has 1 saturated carbocycles. The number of esters is 1. The first kappa shape index (κ1) is 22.5. The van der Waals surface area contributed by atoms with Crippen molar-refractivity contribution in [2.75, 3.05) is 13.7 Å². The molecule has 3 amide bonds. The van der Waals surface area contributed by atoms with E-state index >= 15 is 0 Å². The fourth-order valence-corrected chi connectivity index (χ4v) is 3.07. The highest BCUT2D eigenvalue weighted by molar-refractivity contribution is 5.97. The lowest BCUT2D eigenvalue weighted by molar-refractivity contribution is -0.154. The van der Waals surface area contributed by atoms with E-state index in [-0.39, 0.29) is 12.5 Å². The van der Waals surface area contributed by atoms with Gasteiger partial charge in [-0.15, -0.1) is 0 Å². The van der Waals surface area contributed by atoms with E-state index in [1.807, 2.05) is 0 Å². The number of hydrogen-bond acceptors (Lipinski definition) is 6. The molecular weight excluding hydrogens is 376 g/mol. The van der Waals surface area contributed by atoms with Gasteiger partial charge in [0.15, 0.2) is 6.10 Å². The highest BCUT2D eigenvalue weighted by Crippen LogP contribution is 2.18. The number of hydrogen-bond donors (Lipinski definition) is 2. The molecule has 1 fully saturated rings. The molecule has 160 valence electrons. The predicted octanol–water partition coefficient (Wildman–Crippen LogP) is 2.94. The minimum Gasteiger partial charge on any atom is -0.497 e. The molecule has 1 aromatic rings. The van der Waals surface area contributed by atoms with Crippen LogP contribution in [0.15, 0.2) is 24.3 Å². The summed E-state index contributed by atoms with van der Waals surface area (Å²) < 4.78 is 15.7. The van der Waals surface area contributed by atoms with E-state index in [0.29, 0.717) is 18.8 Å². The number of benzene rings is 1. The van der Waals surface area contributed by atoms with Crippen molar-refractivity contribution in [1.82, 2.24) is 10.6 Å². The Hall–Kier alpha value is -2.77. The van der Waals surface area contributed by atoms with Crippen molar-refractivity contribution < 1.29 is 28.6 Å². The molecular formula is C21H30N2O6. The molecule has 1 aliphatic carbocycles. The molecule has 2 rings (SSSR count). The first-order valence-electron chi connectivity index (χ1n) is 10.1. The topological polar surface area (TPSA) is 103 Å². The van der Waals surface area contributed by atoms with E-state index in [4.69, 9.17) is 14.2 Å². The molecule has 0 aromatic heterocycles. The molecule has 1 aliphatic rings. The molecule has 0 radical (unpaired) electrons. The van der Waals surface area contributed by atoms with Crippen LogP contribution in [0.2, 0.25) is 0 Å². The van der Waals surface area contributed by atoms with Crippen molar-refractivity contribution in [2.45, 2.75) is 64.0 Å². The van der Waals surface area contributed by atoms with Crippen molar-refractivity contribution in [3.8, 4) is 11.5 Å². The maximum absolute atomic E-state index is 12.0. The Morgan fingerprint density at radius 2 is 1.72 bits per heavy atom. The van der Waals surface area contributed by atoms with Crippen molar-refractivity contribution in [2.24, 2.45) is 0 Å². The van der Waals surface area contributed by atoms with Crippen LogP contribution in [-0.2, 0) is 14.3 Å². The Bertz CT molecular complexity index is 670. The lowest BCUT2D eigenvalue weighted by Gasteiger charge is -2.23. The summed E-state index contributed by atoms with van der Waals surface area (Å²) in [6.07, 6.45) is 4.70. The lowest BCUT2D eigenvalue weighted by Crippen LogP contribution is -2.48. The number of carbonyl (C=O) groups excluding carboxylic acids is 3. The summed E-state index contributed by atoms with van der Waals surface area (Å²) in [5.74, 6) is 0.260. The monoisotopic (exact) mass is 406 g/mol. The molecule has 0 unspecified atom stereocenters. The second-order valence-electron chi connectivity index (χ2n) is 7.06. The highest BCUT2D eigenvalue weighted by atomic mass is 16.5. The average molecular weight is 406 g/mol. The molecule has 8 heteroatoms. The smallest absolute Gasteiger partial charge is 0.321 e. The van der Waals surface area contributed by atoms with Gasteiger partial charge in [-0.1, -0.05) is 19.3 Å². The SMILES string of the molecule is COc1ccc(OCCCC(=O)O[C@H](C)C(=O)NC(=O)NC2CCCCC2)cc1. The standard InChI is InChI=1S/C21H30N2O6/c1-15(20(25)23-21(26)22-16-7-4-3-5-8-16)29-19(24)9-6-14-28-18-12-10-17(27-2)11-13-18/h10-13,15-16H,3-9,14H2,1-2H3,(H2,22,23,25,26)/t15-/m1/s1. The summed E-state index contributed by atoms with van der Waals surface area (Å²) in [5.41, 5.74) is 0. The quantitative estimate of drug-likeness (QED) is 0.483. The van der Waals surface area contributed by atoms with E-state index in [1.54, 1.807) is 31.4 Å². The van der Waals surface area contributed by atoms with Gasteiger partial charge in [0.2, 0.25) is 0 Å². The Balaban J connectivity index is 1.60. The Labute approximate surface area is 171 Å². The summed E-state index contributed by atoms with van der Waals surface area (Å²) in [7, 11) is 1.59. The normalized spacial score (nSPS) is 15.1. The van der Waals surface area contributed by atoms with E-state index in [9.17, 15) is 14.4 Å². The number of nitrogens with one attached hydrogen (secondary N) is 2. The first-order valence-corrected chi connectivity index (χ1v) is 10.1. The van der Waals surface area contributed by atoms with Crippen LogP contribution in [0.1, 0.15) is 51.9 Å². The summed E-state index contributed by atoms with van der Waals surface area (Å²) in [6.45, 7) is 1.78. The van der Waals surface area contributed by atoms with Crippen LogP contribution >= 0.6 is 0 Å². The van der Waals surface area contributed by atoms with Gasteiger partial charge in [0.25, 0.3) is 5.91 Å². The molecule has 0 heterocycles. The van der Waals surface area contributed by atoms with Gasteiger partial charge in [0.05, 0.1) is 13.7 Å². The average Bonchev–Trinajstić information content (AvgIpc) is 2.72. The van der Waals surface area contributed by atoms with Gasteiger partial charge in [-0.3, -0.25) is 14.9 Å². The molecule has 2 N–H and O–H groups in total. The molecule has 0 spiro atoms. The largest absolute Gasteiger partial charge is 0.497 e. The molecule has 1 atom stereocenters. The second kappa shape index (κ2) is 11.9. The molecule has 8 nitrogen and oxygen atoms in total. The minimum atomic E-state index is -1.04. The molecule has 1 aromatic carbocycles. The fourth-order valence-electron chi connectivity index (χ4n) is 3.07. The number of rotatable bonds is 9. The zero-order valence-corrected chi connectivity index (χ0v) is 17.1. The van der Waals surface area contributed by atoms with Gasteiger partial charge < -0.3 is 19.5 Å². The third-order valence-electron chi connectivity index (χ3n) is 4.71. The van der Waals surface area contributed by atoms with Gasteiger partial charge in [0.1, 0.15) is 11.5 Å². The molecule has 0 saturated heterocycles. The van der Waals surface area contributed by atoms with Gasteiger partial charge in [-0.25, -0.2) is 4.79 Å². The van der Waals surface area contributed by atoms with Crippen molar-refractivity contribution in [1.29, 1.82) is 0 Å². The van der Waals surface area contributed by atoms with Crippen LogP contribution in [0.5, 0.6) is 11.5 Å². The minimum absolute atomic E-state index is 0.0973. The third kappa shape index (κ3) is 8.41. The van der Waals surface area contributed by atoms with Gasteiger partial charge in [-0.05, 0) is 50.5 Å². The van der Waals surface area contributed by atoms with E-state index < -0.39 is 24.0 Å². The van der Waals surface area contributed by atoms with Crippen LogP contribution in [0, 0.1) is 0 Å². The van der Waals surface area contributed by atoms with Crippen LogP contribution in [0.4, 0.5) is 4.79 Å². The summed E-state index contributed by atoms with van der Waals surface area (Å²) in [6, 6.07) is 6.68. The number of imide groups is 1. The van der Waals surface area contributed by atoms with E-state index in [1.165, 1.54) is 13.3 Å². The molecule has 29 heavy (non-hydrogen) atoms. The summed E-state index contributed by atoms with van der Waals surface area (Å²) in [4.78, 5) is 35.8. The zero-order valence-electron chi connectivity index (χ0n) is 17.1. The van der Waals surface area contributed by atoms with Crippen molar-refractivity contribution in [3.63, 3.8) is 0 Å². The van der Waals surface area contributed by atoms with E-state index in [0.717, 1.165) is 31.4 Å². The van der Waals surface area contributed by atoms with Crippen LogP contribution < -0.4 is 20.1 Å². The Morgan fingerprint density at radius 1 is 1.07 bits per heavy atom. The summed E-state index contributed by atoms with van der Waals surface area (Å²) >= 11 is 0. The number of amides is 3. The van der Waals surface area contributed by atoms with Gasteiger partial charge in [0, 0.05) is 12.5 Å². The van der Waals surface area contributed by atoms with Gasteiger partial charge >= 0.3 is 12.0 Å². The predicted molar refractivity (Wildman–Crippen MR) is 107 cm³/mol. The lowest BCUT2D eigenvalue weighted by atomic mass is 9.96. The number of ether oxygens (including phenoxy) is 3. The van der Waals surface area contributed by atoms with Crippen LogP contribution in [0.25, 0.3) is 0 Å². The maximum Gasteiger partial charge on any atom is 0.321 e. The summed E-state index contributed by atoms with van der Waals surface area (Å²) in [5, 5.41) is 5.02. The Morgan fingerprint density at radius 3 is 2.38 bits per heavy atom. The second-order valence-corrected chi connectivity index (χ2v) is 7.06. The maximum atomic E-state index is 12.0.